The van der Waals surface area contributed by atoms with Crippen molar-refractivity contribution in [3.63, 3.8) is 0 Å². The van der Waals surface area contributed by atoms with Crippen LogP contribution in [0.4, 0.5) is 11.4 Å². The van der Waals surface area contributed by atoms with Gasteiger partial charge in [0.25, 0.3) is 11.8 Å². The van der Waals surface area contributed by atoms with E-state index in [2.05, 4.69) is 15.5 Å². The number of ether oxygens (including phenoxy) is 1. The minimum Gasteiger partial charge on any atom is -0.481 e. The number of amides is 2. The van der Waals surface area contributed by atoms with Gasteiger partial charge in [0, 0.05) is 17.6 Å². The van der Waals surface area contributed by atoms with Crippen molar-refractivity contribution in [2.24, 2.45) is 0 Å². The predicted octanol–water partition coefficient (Wildman–Crippen LogP) is 5.40. The molecule has 3 atom stereocenters. The Morgan fingerprint density at radius 2 is 1.76 bits per heavy atom. The summed E-state index contributed by atoms with van der Waals surface area (Å²) in [5, 5.41) is 15.6. The van der Waals surface area contributed by atoms with Gasteiger partial charge in [0.1, 0.15) is 0 Å². The summed E-state index contributed by atoms with van der Waals surface area (Å²) in [6, 6.07) is 12.0. The summed E-state index contributed by atoms with van der Waals surface area (Å²) < 4.78 is 10.9. The van der Waals surface area contributed by atoms with Crippen LogP contribution in [0.5, 0.6) is 0 Å². The van der Waals surface area contributed by atoms with E-state index >= 15 is 0 Å². The first-order valence-electron chi connectivity index (χ1n) is 12.0. The van der Waals surface area contributed by atoms with Crippen LogP contribution >= 0.6 is 23.2 Å². The van der Waals surface area contributed by atoms with Crippen LogP contribution in [0.25, 0.3) is 0 Å². The van der Waals surface area contributed by atoms with Crippen molar-refractivity contribution < 1.29 is 28.6 Å². The summed E-state index contributed by atoms with van der Waals surface area (Å²) in [7, 11) is 0. The number of furan rings is 1. The zero-order valence-corrected chi connectivity index (χ0v) is 22.3. The molecule has 2 amide bonds. The minimum absolute atomic E-state index is 0.0206. The molecule has 1 aliphatic heterocycles. The van der Waals surface area contributed by atoms with Gasteiger partial charge in [-0.1, -0.05) is 29.3 Å². The Bertz CT molecular complexity index is 1320. The number of benzene rings is 2. The summed E-state index contributed by atoms with van der Waals surface area (Å²) >= 11 is 12.1. The van der Waals surface area contributed by atoms with Crippen LogP contribution in [0.15, 0.2) is 59.2 Å². The Morgan fingerprint density at radius 3 is 2.39 bits per heavy atom. The van der Waals surface area contributed by atoms with E-state index in [1.54, 1.807) is 42.5 Å². The fourth-order valence-corrected chi connectivity index (χ4v) is 4.78. The fraction of sp³-hybridized carbons (Fsp3) is 0.296. The highest BCUT2D eigenvalue weighted by molar-refractivity contribution is 6.42. The first kappa shape index (κ1) is 27.5. The zero-order valence-electron chi connectivity index (χ0n) is 20.7. The van der Waals surface area contributed by atoms with Crippen LogP contribution in [0.2, 0.25) is 10.0 Å². The topological polar surface area (TPSA) is 121 Å². The van der Waals surface area contributed by atoms with Crippen molar-refractivity contribution in [3.05, 3.63) is 81.7 Å². The number of nitrogens with one attached hydrogen (secondary N) is 2. The second-order valence-corrected chi connectivity index (χ2v) is 9.92. The van der Waals surface area contributed by atoms with Gasteiger partial charge in [-0.05, 0) is 61.9 Å². The molecule has 3 N–H and O–H groups in total. The van der Waals surface area contributed by atoms with Crippen molar-refractivity contribution in [2.75, 3.05) is 23.4 Å². The number of morpholine rings is 1. The molecule has 9 nitrogen and oxygen atoms in total. The molecule has 3 aromatic rings. The number of hydrogen-bond acceptors (Lipinski definition) is 6. The molecule has 11 heteroatoms. The Morgan fingerprint density at radius 1 is 1.03 bits per heavy atom. The van der Waals surface area contributed by atoms with E-state index in [1.165, 1.54) is 12.3 Å². The molecule has 3 unspecified atom stereocenters. The number of carbonyl (C=O) groups is 3. The van der Waals surface area contributed by atoms with E-state index in [0.717, 1.165) is 5.69 Å². The molecule has 0 aliphatic carbocycles. The van der Waals surface area contributed by atoms with Crippen LogP contribution in [0.1, 0.15) is 52.8 Å². The van der Waals surface area contributed by atoms with Gasteiger partial charge in [-0.15, -0.1) is 0 Å². The lowest BCUT2D eigenvalue weighted by Gasteiger charge is -2.41. The van der Waals surface area contributed by atoms with E-state index in [1.807, 2.05) is 13.8 Å². The summed E-state index contributed by atoms with van der Waals surface area (Å²) in [4.78, 5) is 39.8. The standard InChI is InChI=1S/C27H27Cl2N3O6/c1-15-13-37-14-16(2)32(15)23-8-6-18(11-22(23)31-27(36)24-4-3-9-38-24)26(35)30-21(12-25(33)34)17-5-7-19(28)20(29)10-17/h3-11,15-16,21H,12-14H2,1-2H3,(H,30,35)(H,31,36)(H,33,34). The normalized spacial score (nSPS) is 18.1. The Labute approximate surface area is 229 Å². The quantitative estimate of drug-likeness (QED) is 0.338. The lowest BCUT2D eigenvalue weighted by atomic mass is 10.0. The fourth-order valence-electron chi connectivity index (χ4n) is 4.47. The summed E-state index contributed by atoms with van der Waals surface area (Å²) in [6.07, 6.45) is 1.03. The van der Waals surface area contributed by atoms with Crippen molar-refractivity contribution >= 4 is 52.4 Å². The monoisotopic (exact) mass is 559 g/mol. The molecule has 2 heterocycles. The maximum absolute atomic E-state index is 13.3. The van der Waals surface area contributed by atoms with Gasteiger partial charge in [0.05, 0.1) is 53.4 Å². The molecule has 1 saturated heterocycles. The zero-order chi connectivity index (χ0) is 27.4. The number of anilines is 2. The SMILES string of the molecule is CC1COCC(C)N1c1ccc(C(=O)NC(CC(=O)O)c2ccc(Cl)c(Cl)c2)cc1NC(=O)c1ccco1. The third kappa shape index (κ3) is 6.30. The molecule has 0 bridgehead atoms. The third-order valence-electron chi connectivity index (χ3n) is 6.23. The summed E-state index contributed by atoms with van der Waals surface area (Å²) in [5.41, 5.74) is 1.85. The molecular formula is C27H27Cl2N3O6. The lowest BCUT2D eigenvalue weighted by molar-refractivity contribution is -0.137. The number of halogens is 2. The average molecular weight is 560 g/mol. The van der Waals surface area contributed by atoms with Gasteiger partial charge in [-0.2, -0.15) is 0 Å². The van der Waals surface area contributed by atoms with Crippen LogP contribution in [-0.2, 0) is 9.53 Å². The molecule has 1 fully saturated rings. The highest BCUT2D eigenvalue weighted by atomic mass is 35.5. The van der Waals surface area contributed by atoms with Gasteiger partial charge in [0.2, 0.25) is 0 Å². The van der Waals surface area contributed by atoms with E-state index in [0.29, 0.717) is 29.5 Å². The first-order valence-corrected chi connectivity index (χ1v) is 12.7. The Kier molecular flexibility index (Phi) is 8.61. The number of carbonyl (C=O) groups excluding carboxylic acids is 2. The maximum Gasteiger partial charge on any atom is 0.305 e. The molecule has 0 radical (unpaired) electrons. The largest absolute Gasteiger partial charge is 0.481 e. The highest BCUT2D eigenvalue weighted by Crippen LogP contribution is 2.33. The number of carboxylic acids is 1. The highest BCUT2D eigenvalue weighted by Gasteiger charge is 2.29. The predicted molar refractivity (Wildman–Crippen MR) is 144 cm³/mol. The van der Waals surface area contributed by atoms with Gasteiger partial charge >= 0.3 is 5.97 Å². The van der Waals surface area contributed by atoms with Crippen LogP contribution in [0.3, 0.4) is 0 Å². The molecule has 4 rings (SSSR count). The minimum atomic E-state index is -1.10. The van der Waals surface area contributed by atoms with Crippen molar-refractivity contribution in [1.29, 1.82) is 0 Å². The van der Waals surface area contributed by atoms with E-state index in [-0.39, 0.29) is 34.9 Å². The summed E-state index contributed by atoms with van der Waals surface area (Å²) in [6.45, 7) is 5.06. The molecule has 38 heavy (non-hydrogen) atoms. The number of carboxylic acid groups (broad SMARTS) is 1. The second-order valence-electron chi connectivity index (χ2n) is 9.10. The maximum atomic E-state index is 13.3. The van der Waals surface area contributed by atoms with Gasteiger partial charge in [-0.3, -0.25) is 14.4 Å². The van der Waals surface area contributed by atoms with Gasteiger partial charge < -0.3 is 29.8 Å². The van der Waals surface area contributed by atoms with Crippen LogP contribution < -0.4 is 15.5 Å². The van der Waals surface area contributed by atoms with E-state index < -0.39 is 23.8 Å². The first-order chi connectivity index (χ1) is 18.1. The smallest absolute Gasteiger partial charge is 0.305 e. The molecule has 1 aromatic heterocycles. The molecule has 200 valence electrons. The second kappa shape index (κ2) is 11.9. The lowest BCUT2D eigenvalue weighted by Crippen LogP contribution is -2.50. The van der Waals surface area contributed by atoms with Gasteiger partial charge in [0.15, 0.2) is 5.76 Å². The number of aliphatic carboxylic acids is 1. The van der Waals surface area contributed by atoms with Crippen LogP contribution in [0, 0.1) is 0 Å². The number of rotatable bonds is 8. The van der Waals surface area contributed by atoms with E-state index in [9.17, 15) is 19.5 Å². The van der Waals surface area contributed by atoms with Crippen molar-refractivity contribution in [1.82, 2.24) is 5.32 Å². The Hall–Kier alpha value is -3.53. The molecule has 0 spiro atoms. The molecular weight excluding hydrogens is 533 g/mol. The van der Waals surface area contributed by atoms with Crippen LogP contribution in [-0.4, -0.2) is 48.2 Å². The average Bonchev–Trinajstić information content (AvgIpc) is 3.41. The molecule has 1 aliphatic rings. The molecule has 0 saturated carbocycles. The van der Waals surface area contributed by atoms with Gasteiger partial charge in [-0.25, -0.2) is 0 Å². The summed E-state index contributed by atoms with van der Waals surface area (Å²) in [5.74, 6) is -1.97. The Balaban J connectivity index is 1.67. The number of nitrogens with zero attached hydrogens (tertiary/aromatic N) is 1. The third-order valence-corrected chi connectivity index (χ3v) is 6.97. The van der Waals surface area contributed by atoms with E-state index in [4.69, 9.17) is 32.4 Å². The molecule has 2 aromatic carbocycles. The van der Waals surface area contributed by atoms with Crippen molar-refractivity contribution in [2.45, 2.75) is 38.4 Å². The van der Waals surface area contributed by atoms with Crippen molar-refractivity contribution in [3.8, 4) is 0 Å². The number of hydrogen-bond donors (Lipinski definition) is 3.